The first-order chi connectivity index (χ1) is 7.95. The maximum atomic E-state index is 13.3. The van der Waals surface area contributed by atoms with E-state index in [-0.39, 0.29) is 6.42 Å². The van der Waals surface area contributed by atoms with E-state index in [4.69, 9.17) is 0 Å². The molecule has 8 heteroatoms. The molecule has 0 heterocycles. The van der Waals surface area contributed by atoms with Gasteiger partial charge in [0.05, 0.1) is 11.0 Å². The second kappa shape index (κ2) is 5.67. The highest BCUT2D eigenvalue weighted by molar-refractivity contribution is 9.09. The van der Waals surface area contributed by atoms with Gasteiger partial charge in [-0.15, -0.1) is 0 Å². The Hall–Kier alpha value is -1.57. The normalized spacial score (nSPS) is 10.1. The highest BCUT2D eigenvalue weighted by Crippen LogP contribution is 2.28. The van der Waals surface area contributed by atoms with Crippen molar-refractivity contribution in [3.63, 3.8) is 0 Å². The largest absolute Gasteiger partial charge is 0.318 e. The average Bonchev–Trinajstić information content (AvgIpc) is 2.21. The molecule has 0 aliphatic carbocycles. The van der Waals surface area contributed by atoms with Gasteiger partial charge in [-0.2, -0.15) is 0 Å². The Kier molecular flexibility index (Phi) is 4.50. The summed E-state index contributed by atoms with van der Waals surface area (Å²) >= 11 is 2.99. The minimum absolute atomic E-state index is 0.0218. The van der Waals surface area contributed by atoms with Crippen LogP contribution >= 0.6 is 15.9 Å². The van der Waals surface area contributed by atoms with E-state index in [1.165, 1.54) is 0 Å². The van der Waals surface area contributed by atoms with Crippen molar-refractivity contribution in [3.05, 3.63) is 33.9 Å². The minimum atomic E-state index is -1.18. The fraction of sp³-hybridized carbons (Fsp3) is 0.222. The molecule has 0 fully saturated rings. The maximum Gasteiger partial charge on any atom is 0.298 e. The summed E-state index contributed by atoms with van der Waals surface area (Å²) in [7, 11) is 0. The standard InChI is InChI=1S/C9H7BrF2N2O3/c10-2-1-8(15)13-9-6(12)3-5(11)4-7(9)14(16)17/h3-4H,1-2H2,(H,13,15). The summed E-state index contributed by atoms with van der Waals surface area (Å²) in [6.45, 7) is 0. The van der Waals surface area contributed by atoms with E-state index in [0.29, 0.717) is 17.5 Å². The number of hydrogen-bond acceptors (Lipinski definition) is 3. The molecule has 0 saturated carbocycles. The van der Waals surface area contributed by atoms with Crippen molar-refractivity contribution in [1.29, 1.82) is 0 Å². The van der Waals surface area contributed by atoms with Crippen LogP contribution in [0.3, 0.4) is 0 Å². The van der Waals surface area contributed by atoms with Gasteiger partial charge in [0.2, 0.25) is 5.91 Å². The lowest BCUT2D eigenvalue weighted by Crippen LogP contribution is -2.14. The van der Waals surface area contributed by atoms with E-state index in [2.05, 4.69) is 15.9 Å². The van der Waals surface area contributed by atoms with Crippen molar-refractivity contribution < 1.29 is 18.5 Å². The molecule has 1 aromatic carbocycles. The molecule has 0 aliphatic rings. The van der Waals surface area contributed by atoms with E-state index in [0.717, 1.165) is 0 Å². The summed E-state index contributed by atoms with van der Waals surface area (Å²) in [5, 5.41) is 12.9. The van der Waals surface area contributed by atoms with Crippen LogP contribution in [-0.2, 0) is 4.79 Å². The predicted octanol–water partition coefficient (Wildman–Crippen LogP) is 2.60. The molecular formula is C9H7BrF2N2O3. The van der Waals surface area contributed by atoms with Gasteiger partial charge in [-0.25, -0.2) is 8.78 Å². The summed E-state index contributed by atoms with van der Waals surface area (Å²) in [5.74, 6) is -2.86. The molecule has 1 N–H and O–H groups in total. The van der Waals surface area contributed by atoms with Crippen LogP contribution in [0.1, 0.15) is 6.42 Å². The number of hydrogen-bond donors (Lipinski definition) is 1. The first-order valence-electron chi connectivity index (χ1n) is 4.45. The van der Waals surface area contributed by atoms with Gasteiger partial charge in [-0.1, -0.05) is 15.9 Å². The molecule has 0 spiro atoms. The van der Waals surface area contributed by atoms with Gasteiger partial charge in [0.15, 0.2) is 11.5 Å². The van der Waals surface area contributed by atoms with Crippen molar-refractivity contribution in [2.75, 3.05) is 10.6 Å². The second-order valence-corrected chi connectivity index (χ2v) is 3.82. The highest BCUT2D eigenvalue weighted by Gasteiger charge is 2.21. The zero-order chi connectivity index (χ0) is 13.0. The number of nitrogens with zero attached hydrogens (tertiary/aromatic N) is 1. The van der Waals surface area contributed by atoms with E-state index in [1.54, 1.807) is 0 Å². The van der Waals surface area contributed by atoms with Crippen molar-refractivity contribution >= 4 is 33.2 Å². The SMILES string of the molecule is O=C(CCBr)Nc1c(F)cc(F)cc1[N+](=O)[O-]. The quantitative estimate of drug-likeness (QED) is 0.528. The smallest absolute Gasteiger partial charge is 0.298 e. The number of nitrogens with one attached hydrogen (secondary N) is 1. The molecule has 0 radical (unpaired) electrons. The van der Waals surface area contributed by atoms with E-state index >= 15 is 0 Å². The fourth-order valence-corrected chi connectivity index (χ4v) is 1.48. The van der Waals surface area contributed by atoms with Crippen molar-refractivity contribution in [3.8, 4) is 0 Å². The fourth-order valence-electron chi connectivity index (χ4n) is 1.12. The molecule has 0 aliphatic heterocycles. The van der Waals surface area contributed by atoms with Crippen molar-refractivity contribution in [1.82, 2.24) is 0 Å². The monoisotopic (exact) mass is 308 g/mol. The van der Waals surface area contributed by atoms with Gasteiger partial charge >= 0.3 is 0 Å². The Morgan fingerprint density at radius 1 is 1.47 bits per heavy atom. The zero-order valence-corrected chi connectivity index (χ0v) is 9.96. The molecule has 17 heavy (non-hydrogen) atoms. The molecule has 1 aromatic rings. The minimum Gasteiger partial charge on any atom is -0.318 e. The molecule has 1 amide bonds. The zero-order valence-electron chi connectivity index (χ0n) is 8.37. The molecule has 1 rings (SSSR count). The molecular weight excluding hydrogens is 302 g/mol. The van der Waals surface area contributed by atoms with Crippen LogP contribution in [0.15, 0.2) is 12.1 Å². The number of carbonyl (C=O) groups is 1. The number of nitro benzene ring substituents is 1. The first-order valence-corrected chi connectivity index (χ1v) is 5.57. The van der Waals surface area contributed by atoms with Crippen molar-refractivity contribution in [2.45, 2.75) is 6.42 Å². The van der Waals surface area contributed by atoms with E-state index in [9.17, 15) is 23.7 Å². The lowest BCUT2D eigenvalue weighted by molar-refractivity contribution is -0.384. The Morgan fingerprint density at radius 3 is 2.65 bits per heavy atom. The van der Waals surface area contributed by atoms with Gasteiger partial charge in [0.1, 0.15) is 5.82 Å². The third kappa shape index (κ3) is 3.45. The van der Waals surface area contributed by atoms with Gasteiger partial charge in [0.25, 0.3) is 5.69 Å². The number of benzene rings is 1. The highest BCUT2D eigenvalue weighted by atomic mass is 79.9. The maximum absolute atomic E-state index is 13.3. The number of rotatable bonds is 4. The van der Waals surface area contributed by atoms with Gasteiger partial charge in [-0.3, -0.25) is 14.9 Å². The van der Waals surface area contributed by atoms with Crippen LogP contribution < -0.4 is 5.32 Å². The Morgan fingerprint density at radius 2 is 2.12 bits per heavy atom. The predicted molar refractivity (Wildman–Crippen MR) is 60.1 cm³/mol. The topological polar surface area (TPSA) is 72.2 Å². The molecule has 5 nitrogen and oxygen atoms in total. The van der Waals surface area contributed by atoms with Crippen LogP contribution in [-0.4, -0.2) is 16.2 Å². The third-order valence-electron chi connectivity index (χ3n) is 1.82. The first kappa shape index (κ1) is 13.5. The van der Waals surface area contributed by atoms with Crippen LogP contribution in [0.5, 0.6) is 0 Å². The summed E-state index contributed by atoms with van der Waals surface area (Å²) in [6.07, 6.45) is 0.0218. The van der Waals surface area contributed by atoms with Gasteiger partial charge < -0.3 is 5.32 Å². The Labute approximate surface area is 103 Å². The second-order valence-electron chi connectivity index (χ2n) is 3.03. The third-order valence-corrected chi connectivity index (χ3v) is 2.21. The Balaban J connectivity index is 3.12. The molecule has 0 atom stereocenters. The Bertz CT molecular complexity index is 468. The number of halogens is 3. The molecule has 0 aromatic heterocycles. The number of nitro groups is 1. The van der Waals surface area contributed by atoms with Crippen LogP contribution in [0, 0.1) is 21.7 Å². The average molecular weight is 309 g/mol. The molecule has 0 unspecified atom stereocenters. The van der Waals surface area contributed by atoms with Crippen LogP contribution in [0.4, 0.5) is 20.2 Å². The lowest BCUT2D eigenvalue weighted by Gasteiger charge is -2.06. The van der Waals surface area contributed by atoms with Gasteiger partial charge in [-0.05, 0) is 0 Å². The number of carbonyl (C=O) groups excluding carboxylic acids is 1. The van der Waals surface area contributed by atoms with Crippen LogP contribution in [0.25, 0.3) is 0 Å². The van der Waals surface area contributed by atoms with Crippen LogP contribution in [0.2, 0.25) is 0 Å². The lowest BCUT2D eigenvalue weighted by atomic mass is 10.2. The molecule has 0 bridgehead atoms. The van der Waals surface area contributed by atoms with Gasteiger partial charge in [0, 0.05) is 17.8 Å². The molecule has 92 valence electrons. The van der Waals surface area contributed by atoms with Crippen molar-refractivity contribution in [2.24, 2.45) is 0 Å². The summed E-state index contributed by atoms with van der Waals surface area (Å²) in [4.78, 5) is 20.8. The number of anilines is 1. The number of amides is 1. The summed E-state index contributed by atoms with van der Waals surface area (Å²) in [6, 6.07) is 1.02. The van der Waals surface area contributed by atoms with E-state index < -0.39 is 33.8 Å². The molecule has 0 saturated heterocycles. The number of alkyl halides is 1. The summed E-state index contributed by atoms with van der Waals surface area (Å²) < 4.78 is 26.1. The van der Waals surface area contributed by atoms with E-state index in [1.807, 2.05) is 5.32 Å². The summed E-state index contributed by atoms with van der Waals surface area (Å²) in [5.41, 5.74) is -1.44.